The summed E-state index contributed by atoms with van der Waals surface area (Å²) in [4.78, 5) is 0. The second kappa shape index (κ2) is 6.77. The highest BCUT2D eigenvalue weighted by Crippen LogP contribution is 2.33. The van der Waals surface area contributed by atoms with Crippen molar-refractivity contribution in [3.05, 3.63) is 35.1 Å². The molecule has 1 aromatic rings. The van der Waals surface area contributed by atoms with E-state index in [1.165, 1.54) is 25.3 Å². The molecule has 0 bridgehead atoms. The zero-order valence-corrected chi connectivity index (χ0v) is 12.1. The van der Waals surface area contributed by atoms with Crippen molar-refractivity contribution >= 4 is 0 Å². The fourth-order valence-electron chi connectivity index (χ4n) is 3.04. The number of hydrogen-bond acceptors (Lipinski definition) is 1. The summed E-state index contributed by atoms with van der Waals surface area (Å²) in [6, 6.07) is 3.05. The van der Waals surface area contributed by atoms with Gasteiger partial charge in [-0.1, -0.05) is 25.3 Å². The third-order valence-corrected chi connectivity index (χ3v) is 4.35. The number of rotatable bonds is 4. The lowest BCUT2D eigenvalue weighted by Gasteiger charge is -2.28. The Morgan fingerprint density at radius 1 is 1.19 bits per heavy atom. The third-order valence-electron chi connectivity index (χ3n) is 4.35. The van der Waals surface area contributed by atoms with Gasteiger partial charge in [0.05, 0.1) is 5.56 Å². The summed E-state index contributed by atoms with van der Waals surface area (Å²) in [7, 11) is 0. The molecule has 1 aliphatic rings. The van der Waals surface area contributed by atoms with E-state index in [1.54, 1.807) is 0 Å². The summed E-state index contributed by atoms with van der Waals surface area (Å²) < 4.78 is 51.8. The molecule has 0 unspecified atom stereocenters. The first-order valence-electron chi connectivity index (χ1n) is 7.47. The molecule has 1 atom stereocenters. The SMILES string of the molecule is C[C@@H](NCc1ccc(F)cc1C(F)(F)F)C1CCCCC1. The fraction of sp³-hybridized carbons (Fsp3) is 0.625. The number of hydrogen-bond donors (Lipinski definition) is 1. The summed E-state index contributed by atoms with van der Waals surface area (Å²) in [5.41, 5.74) is -0.780. The number of halogens is 4. The minimum atomic E-state index is -4.52. The maximum Gasteiger partial charge on any atom is 0.416 e. The number of benzene rings is 1. The highest BCUT2D eigenvalue weighted by atomic mass is 19.4. The smallest absolute Gasteiger partial charge is 0.310 e. The van der Waals surface area contributed by atoms with Crippen LogP contribution < -0.4 is 5.32 Å². The number of nitrogens with one attached hydrogen (secondary N) is 1. The van der Waals surface area contributed by atoms with Gasteiger partial charge >= 0.3 is 6.18 Å². The van der Waals surface area contributed by atoms with Crippen LogP contribution in [0, 0.1) is 11.7 Å². The van der Waals surface area contributed by atoms with Crippen LogP contribution in [0.5, 0.6) is 0 Å². The zero-order valence-electron chi connectivity index (χ0n) is 12.1. The van der Waals surface area contributed by atoms with E-state index in [4.69, 9.17) is 0 Å². The monoisotopic (exact) mass is 303 g/mol. The van der Waals surface area contributed by atoms with Crippen LogP contribution in [0.15, 0.2) is 18.2 Å². The zero-order chi connectivity index (χ0) is 15.5. The summed E-state index contributed by atoms with van der Waals surface area (Å²) in [5, 5.41) is 3.18. The van der Waals surface area contributed by atoms with Crippen LogP contribution in [-0.2, 0) is 12.7 Å². The van der Waals surface area contributed by atoms with Gasteiger partial charge in [0.15, 0.2) is 0 Å². The molecule has 1 saturated carbocycles. The van der Waals surface area contributed by atoms with E-state index >= 15 is 0 Å². The van der Waals surface area contributed by atoms with Gasteiger partial charge in [-0.15, -0.1) is 0 Å². The van der Waals surface area contributed by atoms with Gasteiger partial charge < -0.3 is 5.32 Å². The highest BCUT2D eigenvalue weighted by molar-refractivity contribution is 5.30. The van der Waals surface area contributed by atoms with E-state index in [9.17, 15) is 17.6 Å². The third kappa shape index (κ3) is 4.43. The average Bonchev–Trinajstić information content (AvgIpc) is 2.45. The summed E-state index contributed by atoms with van der Waals surface area (Å²) in [6.45, 7) is 2.14. The maximum atomic E-state index is 13.0. The minimum absolute atomic E-state index is 0.103. The summed E-state index contributed by atoms with van der Waals surface area (Å²) in [5.74, 6) is -0.333. The normalized spacial score (nSPS) is 18.7. The Balaban J connectivity index is 2.02. The van der Waals surface area contributed by atoms with E-state index in [-0.39, 0.29) is 18.2 Å². The van der Waals surface area contributed by atoms with Gasteiger partial charge in [0.25, 0.3) is 0 Å². The molecule has 1 aliphatic carbocycles. The Morgan fingerprint density at radius 2 is 1.86 bits per heavy atom. The van der Waals surface area contributed by atoms with Gasteiger partial charge in [0.1, 0.15) is 5.82 Å². The molecular formula is C16H21F4N. The van der Waals surface area contributed by atoms with Crippen molar-refractivity contribution in [1.29, 1.82) is 0 Å². The Morgan fingerprint density at radius 3 is 2.48 bits per heavy atom. The Hall–Kier alpha value is -1.10. The first-order chi connectivity index (χ1) is 9.88. The molecule has 5 heteroatoms. The molecule has 1 aromatic carbocycles. The molecule has 21 heavy (non-hydrogen) atoms. The van der Waals surface area contributed by atoms with Gasteiger partial charge in [0.2, 0.25) is 0 Å². The van der Waals surface area contributed by atoms with Gasteiger partial charge in [0, 0.05) is 12.6 Å². The lowest BCUT2D eigenvalue weighted by molar-refractivity contribution is -0.138. The van der Waals surface area contributed by atoms with Crippen LogP contribution in [0.25, 0.3) is 0 Å². The topological polar surface area (TPSA) is 12.0 Å². The first-order valence-corrected chi connectivity index (χ1v) is 7.47. The average molecular weight is 303 g/mol. The van der Waals surface area contributed by atoms with Crippen molar-refractivity contribution < 1.29 is 17.6 Å². The maximum absolute atomic E-state index is 13.0. The Labute approximate surface area is 122 Å². The lowest BCUT2D eigenvalue weighted by Crippen LogP contribution is -2.34. The van der Waals surface area contributed by atoms with E-state index in [0.29, 0.717) is 12.0 Å². The largest absolute Gasteiger partial charge is 0.416 e. The minimum Gasteiger partial charge on any atom is -0.310 e. The summed E-state index contributed by atoms with van der Waals surface area (Å²) in [6.07, 6.45) is 1.38. The quantitative estimate of drug-likeness (QED) is 0.780. The predicted octanol–water partition coefficient (Wildman–Crippen LogP) is 4.90. The predicted molar refractivity (Wildman–Crippen MR) is 74.3 cm³/mol. The second-order valence-corrected chi connectivity index (χ2v) is 5.87. The standard InChI is InChI=1S/C16H21F4N/c1-11(12-5-3-2-4-6-12)21-10-13-7-8-14(17)9-15(13)16(18,19)20/h7-9,11-12,21H,2-6,10H2,1H3/t11-/m1/s1. The molecule has 0 amide bonds. The van der Waals surface area contributed by atoms with Crippen LogP contribution in [0.4, 0.5) is 17.6 Å². The van der Waals surface area contributed by atoms with Crippen molar-refractivity contribution in [3.63, 3.8) is 0 Å². The lowest BCUT2D eigenvalue weighted by atomic mass is 9.84. The molecule has 0 radical (unpaired) electrons. The Kier molecular flexibility index (Phi) is 5.25. The highest BCUT2D eigenvalue weighted by Gasteiger charge is 2.33. The van der Waals surface area contributed by atoms with Crippen molar-refractivity contribution in [2.75, 3.05) is 0 Å². The molecule has 0 heterocycles. The summed E-state index contributed by atoms with van der Waals surface area (Å²) >= 11 is 0. The van der Waals surface area contributed by atoms with Crippen LogP contribution in [-0.4, -0.2) is 6.04 Å². The Bertz CT molecular complexity index is 464. The molecule has 1 N–H and O–H groups in total. The van der Waals surface area contributed by atoms with Crippen LogP contribution >= 0.6 is 0 Å². The van der Waals surface area contributed by atoms with Gasteiger partial charge in [-0.2, -0.15) is 13.2 Å². The van der Waals surface area contributed by atoms with Gasteiger partial charge in [-0.05, 0) is 43.4 Å². The molecule has 1 nitrogen and oxygen atoms in total. The second-order valence-electron chi connectivity index (χ2n) is 5.87. The van der Waals surface area contributed by atoms with E-state index in [2.05, 4.69) is 5.32 Å². The van der Waals surface area contributed by atoms with Crippen molar-refractivity contribution in [2.24, 2.45) is 5.92 Å². The molecular weight excluding hydrogens is 282 g/mol. The first kappa shape index (κ1) is 16.3. The van der Waals surface area contributed by atoms with E-state index in [0.717, 1.165) is 18.9 Å². The molecule has 0 spiro atoms. The van der Waals surface area contributed by atoms with Crippen molar-refractivity contribution in [2.45, 2.75) is 57.8 Å². The molecule has 2 rings (SSSR count). The van der Waals surface area contributed by atoms with Gasteiger partial charge in [-0.3, -0.25) is 0 Å². The molecule has 0 aliphatic heterocycles. The van der Waals surface area contributed by atoms with Gasteiger partial charge in [-0.25, -0.2) is 4.39 Å². The molecule has 0 aromatic heterocycles. The van der Waals surface area contributed by atoms with Crippen molar-refractivity contribution in [3.8, 4) is 0 Å². The van der Waals surface area contributed by atoms with E-state index in [1.807, 2.05) is 6.92 Å². The number of alkyl halides is 3. The van der Waals surface area contributed by atoms with Crippen molar-refractivity contribution in [1.82, 2.24) is 5.32 Å². The molecule has 118 valence electrons. The fourth-order valence-corrected chi connectivity index (χ4v) is 3.04. The van der Waals surface area contributed by atoms with Crippen LogP contribution in [0.3, 0.4) is 0 Å². The van der Waals surface area contributed by atoms with E-state index < -0.39 is 17.6 Å². The van der Waals surface area contributed by atoms with Crippen LogP contribution in [0.1, 0.15) is 50.2 Å². The molecule has 1 fully saturated rings. The van der Waals surface area contributed by atoms with Crippen LogP contribution in [0.2, 0.25) is 0 Å². The molecule has 0 saturated heterocycles.